The maximum atomic E-state index is 13.0. The standard InChI is InChI=1S/C20H24N2O5S2/c1-27-18-6-2-15(3-7-18)16-12-13-22(14-16)29(25,26)20-10-8-19(9-11-20)28(23,24)21-17-4-5-17/h2-3,6-11,16-17,21H,4-5,12-14H2,1H3. The molecule has 2 aromatic carbocycles. The summed E-state index contributed by atoms with van der Waals surface area (Å²) in [5, 5.41) is 0. The molecule has 29 heavy (non-hydrogen) atoms. The second-order valence-corrected chi connectivity index (χ2v) is 11.1. The summed E-state index contributed by atoms with van der Waals surface area (Å²) < 4.78 is 59.8. The molecule has 7 nitrogen and oxygen atoms in total. The van der Waals surface area contributed by atoms with Gasteiger partial charge in [-0.15, -0.1) is 0 Å². The summed E-state index contributed by atoms with van der Waals surface area (Å²) in [4.78, 5) is 0.194. The summed E-state index contributed by atoms with van der Waals surface area (Å²) in [5.41, 5.74) is 1.08. The van der Waals surface area contributed by atoms with E-state index in [1.165, 1.54) is 28.6 Å². The van der Waals surface area contributed by atoms with E-state index in [0.29, 0.717) is 13.1 Å². The molecule has 0 radical (unpaired) electrons. The van der Waals surface area contributed by atoms with Crippen LogP contribution in [0.1, 0.15) is 30.7 Å². The fourth-order valence-corrected chi connectivity index (χ4v) is 6.33. The van der Waals surface area contributed by atoms with Gasteiger partial charge in [-0.2, -0.15) is 4.31 Å². The van der Waals surface area contributed by atoms with Gasteiger partial charge >= 0.3 is 0 Å². The summed E-state index contributed by atoms with van der Waals surface area (Å²) in [6, 6.07) is 13.1. The minimum absolute atomic E-state index is 0.00268. The molecular formula is C20H24N2O5S2. The zero-order valence-corrected chi connectivity index (χ0v) is 17.7. The lowest BCUT2D eigenvalue weighted by Crippen LogP contribution is -2.29. The number of methoxy groups -OCH3 is 1. The molecule has 0 bridgehead atoms. The number of sulfonamides is 2. The number of hydrogen-bond acceptors (Lipinski definition) is 5. The topological polar surface area (TPSA) is 92.8 Å². The van der Waals surface area contributed by atoms with Crippen molar-refractivity contribution in [1.29, 1.82) is 0 Å². The molecule has 2 fully saturated rings. The lowest BCUT2D eigenvalue weighted by Gasteiger charge is -2.17. The van der Waals surface area contributed by atoms with Crippen LogP contribution in [0.4, 0.5) is 0 Å². The summed E-state index contributed by atoms with van der Waals surface area (Å²) in [5.74, 6) is 0.889. The van der Waals surface area contributed by atoms with Crippen LogP contribution in [0.3, 0.4) is 0 Å². The Morgan fingerprint density at radius 3 is 2.10 bits per heavy atom. The Kier molecular flexibility index (Phi) is 5.41. The van der Waals surface area contributed by atoms with Gasteiger partial charge in [-0.1, -0.05) is 12.1 Å². The molecule has 1 aliphatic carbocycles. The van der Waals surface area contributed by atoms with Crippen LogP contribution in [0.15, 0.2) is 58.3 Å². The molecule has 0 spiro atoms. The molecule has 0 amide bonds. The Morgan fingerprint density at radius 2 is 1.52 bits per heavy atom. The van der Waals surface area contributed by atoms with Crippen LogP contribution in [-0.2, 0) is 20.0 Å². The van der Waals surface area contributed by atoms with Crippen molar-refractivity contribution in [2.24, 2.45) is 0 Å². The fraction of sp³-hybridized carbons (Fsp3) is 0.400. The third-order valence-electron chi connectivity index (χ3n) is 5.41. The predicted octanol–water partition coefficient (Wildman–Crippen LogP) is 2.31. The van der Waals surface area contributed by atoms with Crippen molar-refractivity contribution in [3.05, 3.63) is 54.1 Å². The molecule has 1 heterocycles. The van der Waals surface area contributed by atoms with E-state index in [4.69, 9.17) is 4.74 Å². The number of hydrogen-bond donors (Lipinski definition) is 1. The van der Waals surface area contributed by atoms with E-state index in [1.54, 1.807) is 7.11 Å². The number of ether oxygens (including phenoxy) is 1. The molecule has 2 aliphatic rings. The first-order valence-electron chi connectivity index (χ1n) is 9.56. The van der Waals surface area contributed by atoms with Crippen molar-refractivity contribution in [2.75, 3.05) is 20.2 Å². The highest BCUT2D eigenvalue weighted by Gasteiger charge is 2.34. The monoisotopic (exact) mass is 436 g/mol. The van der Waals surface area contributed by atoms with E-state index < -0.39 is 20.0 Å². The molecule has 4 rings (SSSR count). The average Bonchev–Trinajstić information content (AvgIpc) is 3.37. The van der Waals surface area contributed by atoms with E-state index >= 15 is 0 Å². The molecule has 2 aromatic rings. The number of nitrogens with zero attached hydrogens (tertiary/aromatic N) is 1. The first-order chi connectivity index (χ1) is 13.8. The highest BCUT2D eigenvalue weighted by atomic mass is 32.2. The zero-order valence-electron chi connectivity index (χ0n) is 16.1. The van der Waals surface area contributed by atoms with Gasteiger partial charge in [-0.3, -0.25) is 0 Å². The summed E-state index contributed by atoms with van der Waals surface area (Å²) in [6.45, 7) is 0.834. The second-order valence-electron chi connectivity index (χ2n) is 7.49. The first kappa shape index (κ1) is 20.3. The number of benzene rings is 2. The molecule has 9 heteroatoms. The van der Waals surface area contributed by atoms with E-state index in [0.717, 1.165) is 30.6 Å². The maximum Gasteiger partial charge on any atom is 0.243 e. The first-order valence-corrected chi connectivity index (χ1v) is 12.5. The van der Waals surface area contributed by atoms with Gasteiger partial charge in [-0.05, 0) is 67.1 Å². The van der Waals surface area contributed by atoms with E-state index in [9.17, 15) is 16.8 Å². The average molecular weight is 437 g/mol. The van der Waals surface area contributed by atoms with Crippen molar-refractivity contribution in [3.8, 4) is 5.75 Å². The van der Waals surface area contributed by atoms with Gasteiger partial charge in [0.25, 0.3) is 0 Å². The maximum absolute atomic E-state index is 13.0. The van der Waals surface area contributed by atoms with Crippen LogP contribution in [0.2, 0.25) is 0 Å². The molecule has 1 saturated heterocycles. The summed E-state index contributed by atoms with van der Waals surface area (Å²) >= 11 is 0. The quantitative estimate of drug-likeness (QED) is 0.719. The third-order valence-corrected chi connectivity index (χ3v) is 8.82. The van der Waals surface area contributed by atoms with Crippen LogP contribution in [0, 0.1) is 0 Å². The Bertz CT molecular complexity index is 1080. The Balaban J connectivity index is 1.48. The van der Waals surface area contributed by atoms with Crippen molar-refractivity contribution >= 4 is 20.0 Å². The summed E-state index contributed by atoms with van der Waals surface area (Å²) in [7, 11) is -5.66. The largest absolute Gasteiger partial charge is 0.497 e. The normalized spacial score (nSPS) is 20.7. The van der Waals surface area contributed by atoms with E-state index in [-0.39, 0.29) is 21.8 Å². The van der Waals surface area contributed by atoms with Gasteiger partial charge in [0.15, 0.2) is 0 Å². The molecule has 1 unspecified atom stereocenters. The van der Waals surface area contributed by atoms with Gasteiger partial charge < -0.3 is 4.74 Å². The number of rotatable bonds is 7. The highest BCUT2D eigenvalue weighted by Crippen LogP contribution is 2.32. The molecule has 1 atom stereocenters. The molecular weight excluding hydrogens is 412 g/mol. The van der Waals surface area contributed by atoms with Crippen LogP contribution in [0.25, 0.3) is 0 Å². The molecule has 156 valence electrons. The van der Waals surface area contributed by atoms with Crippen molar-refractivity contribution in [3.63, 3.8) is 0 Å². The van der Waals surface area contributed by atoms with Gasteiger partial charge in [0.1, 0.15) is 5.75 Å². The molecule has 1 saturated carbocycles. The van der Waals surface area contributed by atoms with Gasteiger partial charge in [-0.25, -0.2) is 21.6 Å². The van der Waals surface area contributed by atoms with Gasteiger partial charge in [0.2, 0.25) is 20.0 Å². The van der Waals surface area contributed by atoms with Crippen LogP contribution >= 0.6 is 0 Å². The van der Waals surface area contributed by atoms with Crippen LogP contribution in [0.5, 0.6) is 5.75 Å². The predicted molar refractivity (Wildman–Crippen MR) is 109 cm³/mol. The zero-order chi connectivity index (χ0) is 20.6. The highest BCUT2D eigenvalue weighted by molar-refractivity contribution is 7.89. The minimum Gasteiger partial charge on any atom is -0.497 e. The second kappa shape index (κ2) is 7.71. The lowest BCUT2D eigenvalue weighted by molar-refractivity contribution is 0.414. The van der Waals surface area contributed by atoms with Crippen molar-refractivity contribution in [2.45, 2.75) is 41.0 Å². The number of nitrogens with one attached hydrogen (secondary N) is 1. The van der Waals surface area contributed by atoms with Gasteiger partial charge in [0.05, 0.1) is 16.9 Å². The van der Waals surface area contributed by atoms with Crippen LogP contribution in [-0.4, -0.2) is 47.4 Å². The van der Waals surface area contributed by atoms with Gasteiger partial charge in [0, 0.05) is 19.1 Å². The van der Waals surface area contributed by atoms with E-state index in [1.807, 2.05) is 24.3 Å². The third kappa shape index (κ3) is 4.32. The Hall–Kier alpha value is -1.94. The molecule has 1 N–H and O–H groups in total. The SMILES string of the molecule is COc1ccc(C2CCN(S(=O)(=O)c3ccc(S(=O)(=O)NC4CC4)cc3)C2)cc1. The Morgan fingerprint density at radius 1 is 0.897 bits per heavy atom. The minimum atomic E-state index is -3.67. The lowest BCUT2D eigenvalue weighted by atomic mass is 9.99. The van der Waals surface area contributed by atoms with Crippen molar-refractivity contribution in [1.82, 2.24) is 9.03 Å². The Labute approximate surface area is 171 Å². The van der Waals surface area contributed by atoms with Crippen molar-refractivity contribution < 1.29 is 21.6 Å². The van der Waals surface area contributed by atoms with E-state index in [2.05, 4.69) is 4.72 Å². The van der Waals surface area contributed by atoms with Crippen LogP contribution < -0.4 is 9.46 Å². The summed E-state index contributed by atoms with van der Waals surface area (Å²) in [6.07, 6.45) is 2.43. The fourth-order valence-electron chi connectivity index (χ4n) is 3.52. The molecule has 0 aromatic heterocycles. The smallest absolute Gasteiger partial charge is 0.243 e. The molecule has 1 aliphatic heterocycles.